The monoisotopic (exact) mass is 228 g/mol. The van der Waals surface area contributed by atoms with Crippen molar-refractivity contribution in [2.45, 2.75) is 39.0 Å². The van der Waals surface area contributed by atoms with Crippen molar-refractivity contribution in [3.8, 4) is 5.75 Å². The van der Waals surface area contributed by atoms with E-state index in [0.29, 0.717) is 5.75 Å². The maximum Gasteiger partial charge on any atom is 0.116 e. The highest BCUT2D eigenvalue weighted by molar-refractivity contribution is 5.84. The lowest BCUT2D eigenvalue weighted by atomic mass is 9.77. The summed E-state index contributed by atoms with van der Waals surface area (Å²) in [5.41, 5.74) is 1.65. The van der Waals surface area contributed by atoms with Gasteiger partial charge >= 0.3 is 0 Å². The molecular formula is C16H20O. The van der Waals surface area contributed by atoms with Crippen LogP contribution in [0.1, 0.15) is 39.2 Å². The molecule has 0 unspecified atom stereocenters. The molecule has 17 heavy (non-hydrogen) atoms. The van der Waals surface area contributed by atoms with Crippen molar-refractivity contribution >= 4 is 10.8 Å². The molecule has 0 spiro atoms. The minimum absolute atomic E-state index is 0.256. The van der Waals surface area contributed by atoms with Gasteiger partial charge in [-0.1, -0.05) is 45.0 Å². The molecule has 2 rings (SSSR count). The Morgan fingerprint density at radius 3 is 2.18 bits per heavy atom. The minimum Gasteiger partial charge on any atom is -0.508 e. The molecule has 0 aliphatic heterocycles. The van der Waals surface area contributed by atoms with Crippen LogP contribution in [0.3, 0.4) is 0 Å². The Labute approximate surface area is 103 Å². The normalized spacial score (nSPS) is 11.9. The third kappa shape index (κ3) is 2.14. The van der Waals surface area contributed by atoms with Crippen molar-refractivity contribution in [2.24, 2.45) is 0 Å². The zero-order chi connectivity index (χ0) is 12.5. The molecule has 0 heterocycles. The molecule has 0 saturated carbocycles. The first-order valence-corrected chi connectivity index (χ1v) is 6.32. The number of hydrogen-bond acceptors (Lipinski definition) is 1. The van der Waals surface area contributed by atoms with E-state index in [9.17, 15) is 5.11 Å². The van der Waals surface area contributed by atoms with Crippen LogP contribution in [-0.4, -0.2) is 5.11 Å². The van der Waals surface area contributed by atoms with E-state index in [2.05, 4.69) is 39.0 Å². The fourth-order valence-electron chi connectivity index (χ4n) is 2.27. The number of benzene rings is 2. The van der Waals surface area contributed by atoms with E-state index in [0.717, 1.165) is 18.2 Å². The van der Waals surface area contributed by atoms with E-state index in [-0.39, 0.29) is 5.41 Å². The van der Waals surface area contributed by atoms with Crippen molar-refractivity contribution in [3.05, 3.63) is 42.0 Å². The number of phenolic OH excluding ortho intramolecular Hbond substituents is 1. The first-order chi connectivity index (χ1) is 8.09. The Morgan fingerprint density at radius 2 is 1.53 bits per heavy atom. The minimum atomic E-state index is 0.256. The largest absolute Gasteiger partial charge is 0.508 e. The smallest absolute Gasteiger partial charge is 0.116 e. The molecule has 1 heteroatoms. The maximum absolute atomic E-state index is 9.45. The van der Waals surface area contributed by atoms with Gasteiger partial charge < -0.3 is 5.11 Å². The molecule has 0 radical (unpaired) electrons. The van der Waals surface area contributed by atoms with Crippen LogP contribution in [0.2, 0.25) is 0 Å². The van der Waals surface area contributed by atoms with Crippen molar-refractivity contribution < 1.29 is 5.11 Å². The summed E-state index contributed by atoms with van der Waals surface area (Å²) in [5.74, 6) is 0.332. The first kappa shape index (κ1) is 12.0. The number of phenols is 1. The van der Waals surface area contributed by atoms with Gasteiger partial charge in [0, 0.05) is 0 Å². The Hall–Kier alpha value is -1.50. The SMILES string of the molecule is CCC(C)(CC)c1ccc2cc(O)ccc2c1. The van der Waals surface area contributed by atoms with Crippen molar-refractivity contribution in [1.82, 2.24) is 0 Å². The molecule has 0 bridgehead atoms. The van der Waals surface area contributed by atoms with Crippen molar-refractivity contribution in [3.63, 3.8) is 0 Å². The zero-order valence-electron chi connectivity index (χ0n) is 10.8. The number of hydrogen-bond donors (Lipinski definition) is 1. The van der Waals surface area contributed by atoms with Gasteiger partial charge in [0.25, 0.3) is 0 Å². The Bertz CT molecular complexity index is 524. The number of aromatic hydroxyl groups is 1. The summed E-state index contributed by atoms with van der Waals surface area (Å²) in [6.45, 7) is 6.80. The molecule has 2 aromatic carbocycles. The van der Waals surface area contributed by atoms with Crippen LogP contribution in [0, 0.1) is 0 Å². The first-order valence-electron chi connectivity index (χ1n) is 6.32. The van der Waals surface area contributed by atoms with Crippen LogP contribution >= 0.6 is 0 Å². The van der Waals surface area contributed by atoms with Gasteiger partial charge in [0.15, 0.2) is 0 Å². The van der Waals surface area contributed by atoms with Crippen LogP contribution in [0.15, 0.2) is 36.4 Å². The average molecular weight is 228 g/mol. The molecule has 1 nitrogen and oxygen atoms in total. The summed E-state index contributed by atoms with van der Waals surface area (Å²) in [5, 5.41) is 11.8. The fraction of sp³-hybridized carbons (Fsp3) is 0.375. The zero-order valence-corrected chi connectivity index (χ0v) is 10.8. The van der Waals surface area contributed by atoms with Gasteiger partial charge in [-0.2, -0.15) is 0 Å². The van der Waals surface area contributed by atoms with Crippen LogP contribution in [0.4, 0.5) is 0 Å². The molecule has 1 N–H and O–H groups in total. The Balaban J connectivity index is 2.55. The van der Waals surface area contributed by atoms with Gasteiger partial charge in [0.1, 0.15) is 5.75 Å². The summed E-state index contributed by atoms with van der Waals surface area (Å²) >= 11 is 0. The number of rotatable bonds is 3. The van der Waals surface area contributed by atoms with Gasteiger partial charge in [-0.05, 0) is 46.7 Å². The second kappa shape index (κ2) is 4.40. The highest BCUT2D eigenvalue weighted by atomic mass is 16.3. The molecular weight excluding hydrogens is 208 g/mol. The summed E-state index contributed by atoms with van der Waals surface area (Å²) < 4.78 is 0. The second-order valence-electron chi connectivity index (χ2n) is 5.01. The summed E-state index contributed by atoms with van der Waals surface area (Å²) in [6, 6.07) is 12.1. The Kier molecular flexibility index (Phi) is 3.10. The second-order valence-corrected chi connectivity index (χ2v) is 5.01. The van der Waals surface area contributed by atoms with Crippen LogP contribution in [-0.2, 0) is 5.41 Å². The van der Waals surface area contributed by atoms with Crippen molar-refractivity contribution in [2.75, 3.05) is 0 Å². The van der Waals surface area contributed by atoms with Gasteiger partial charge in [0.2, 0.25) is 0 Å². The standard InChI is InChI=1S/C16H20O/c1-4-16(3,5-2)14-8-6-13-11-15(17)9-7-12(13)10-14/h6-11,17H,4-5H2,1-3H3. The predicted molar refractivity (Wildman–Crippen MR) is 73.5 cm³/mol. The maximum atomic E-state index is 9.45. The topological polar surface area (TPSA) is 20.2 Å². The third-order valence-electron chi connectivity index (χ3n) is 4.08. The van der Waals surface area contributed by atoms with Gasteiger partial charge in [-0.15, -0.1) is 0 Å². The average Bonchev–Trinajstić information content (AvgIpc) is 2.37. The summed E-state index contributed by atoms with van der Waals surface area (Å²) in [6.07, 6.45) is 2.29. The quantitative estimate of drug-likeness (QED) is 0.812. The van der Waals surface area contributed by atoms with Gasteiger partial charge in [0.05, 0.1) is 0 Å². The molecule has 0 saturated heterocycles. The van der Waals surface area contributed by atoms with E-state index < -0.39 is 0 Å². The van der Waals surface area contributed by atoms with Crippen LogP contribution < -0.4 is 0 Å². The van der Waals surface area contributed by atoms with E-state index in [1.54, 1.807) is 6.07 Å². The van der Waals surface area contributed by atoms with Gasteiger partial charge in [-0.25, -0.2) is 0 Å². The molecule has 0 aliphatic carbocycles. The van der Waals surface area contributed by atoms with E-state index >= 15 is 0 Å². The van der Waals surface area contributed by atoms with Crippen molar-refractivity contribution in [1.29, 1.82) is 0 Å². The van der Waals surface area contributed by atoms with E-state index in [1.807, 2.05) is 12.1 Å². The van der Waals surface area contributed by atoms with Crippen LogP contribution in [0.25, 0.3) is 10.8 Å². The molecule has 0 atom stereocenters. The van der Waals surface area contributed by atoms with Gasteiger partial charge in [-0.3, -0.25) is 0 Å². The molecule has 0 fully saturated rings. The Morgan fingerprint density at radius 1 is 0.941 bits per heavy atom. The van der Waals surface area contributed by atoms with E-state index in [1.165, 1.54) is 10.9 Å². The number of fused-ring (bicyclic) bond motifs is 1. The molecule has 0 aliphatic rings. The lowest BCUT2D eigenvalue weighted by Gasteiger charge is -2.27. The predicted octanol–water partition coefficient (Wildman–Crippen LogP) is 4.62. The third-order valence-corrected chi connectivity index (χ3v) is 4.08. The molecule has 0 aromatic heterocycles. The summed E-state index contributed by atoms with van der Waals surface area (Å²) in [7, 11) is 0. The fourth-order valence-corrected chi connectivity index (χ4v) is 2.27. The lowest BCUT2D eigenvalue weighted by molar-refractivity contribution is 0.439. The molecule has 2 aromatic rings. The molecule has 0 amide bonds. The lowest BCUT2D eigenvalue weighted by Crippen LogP contribution is -2.19. The van der Waals surface area contributed by atoms with Crippen LogP contribution in [0.5, 0.6) is 5.75 Å². The summed E-state index contributed by atoms with van der Waals surface area (Å²) in [4.78, 5) is 0. The highest BCUT2D eigenvalue weighted by Gasteiger charge is 2.22. The van der Waals surface area contributed by atoms with E-state index in [4.69, 9.17) is 0 Å². The molecule has 90 valence electrons. The highest BCUT2D eigenvalue weighted by Crippen LogP contribution is 2.33.